The molecular weight excluding hydrogens is 424 g/mol. The first-order valence-corrected chi connectivity index (χ1v) is 11.4. The van der Waals surface area contributed by atoms with Crippen molar-refractivity contribution >= 4 is 22.7 Å². The second-order valence-corrected chi connectivity index (χ2v) is 8.33. The van der Waals surface area contributed by atoms with Gasteiger partial charge >= 0.3 is 0 Å². The Kier molecular flexibility index (Phi) is 5.10. The molecule has 8 nitrogen and oxygen atoms in total. The molecule has 0 saturated carbocycles. The molecule has 0 spiro atoms. The van der Waals surface area contributed by atoms with Crippen molar-refractivity contribution in [2.45, 2.75) is 6.92 Å². The molecule has 5 aromatic rings. The van der Waals surface area contributed by atoms with Crippen LogP contribution < -0.4 is 9.80 Å². The predicted octanol–water partition coefficient (Wildman–Crippen LogP) is 3.91. The smallest absolute Gasteiger partial charge is 0.168 e. The van der Waals surface area contributed by atoms with Gasteiger partial charge in [0.25, 0.3) is 0 Å². The van der Waals surface area contributed by atoms with Crippen LogP contribution in [0.4, 0.5) is 11.6 Å². The van der Waals surface area contributed by atoms with Crippen molar-refractivity contribution in [3.05, 3.63) is 85.1 Å². The molecule has 1 aliphatic rings. The summed E-state index contributed by atoms with van der Waals surface area (Å²) < 4.78 is 1.87. The van der Waals surface area contributed by atoms with Gasteiger partial charge in [0.15, 0.2) is 5.65 Å². The number of para-hydroxylation sites is 1. The van der Waals surface area contributed by atoms with E-state index in [4.69, 9.17) is 4.98 Å². The number of hydrogen-bond donors (Lipinski definition) is 0. The molecule has 0 radical (unpaired) electrons. The highest BCUT2D eigenvalue weighted by atomic mass is 15.3. The summed E-state index contributed by atoms with van der Waals surface area (Å²) in [5.41, 5.74) is 3.86. The molecule has 0 unspecified atom stereocenters. The molecule has 3 aromatic heterocycles. The van der Waals surface area contributed by atoms with Gasteiger partial charge in [-0.05, 0) is 19.1 Å². The molecule has 8 heteroatoms. The topological polar surface area (TPSA) is 75.9 Å². The van der Waals surface area contributed by atoms with Crippen LogP contribution in [0.3, 0.4) is 0 Å². The summed E-state index contributed by atoms with van der Waals surface area (Å²) in [6.07, 6.45) is 3.50. The molecule has 0 N–H and O–H groups in total. The van der Waals surface area contributed by atoms with Crippen molar-refractivity contribution in [2.75, 3.05) is 36.0 Å². The van der Waals surface area contributed by atoms with Gasteiger partial charge in [-0.2, -0.15) is 5.10 Å². The van der Waals surface area contributed by atoms with Crippen LogP contribution >= 0.6 is 0 Å². The minimum Gasteiger partial charge on any atom is -0.353 e. The summed E-state index contributed by atoms with van der Waals surface area (Å²) in [5, 5.41) is 5.55. The Labute approximate surface area is 197 Å². The monoisotopic (exact) mass is 448 g/mol. The van der Waals surface area contributed by atoms with Gasteiger partial charge in [0.05, 0.1) is 23.0 Å². The fourth-order valence-corrected chi connectivity index (χ4v) is 4.46. The number of aryl methyl sites for hydroxylation is 1. The first kappa shape index (κ1) is 20.3. The van der Waals surface area contributed by atoms with Crippen LogP contribution in [0.2, 0.25) is 0 Å². The van der Waals surface area contributed by atoms with Gasteiger partial charge in [0.2, 0.25) is 0 Å². The van der Waals surface area contributed by atoms with Crippen molar-refractivity contribution in [1.29, 1.82) is 0 Å². The highest BCUT2D eigenvalue weighted by Crippen LogP contribution is 2.27. The van der Waals surface area contributed by atoms with Gasteiger partial charge < -0.3 is 9.80 Å². The number of rotatable bonds is 4. The standard InChI is InChI=1S/C26H24N8/c1-19-30-23(20-8-4-2-5-9-20)16-24(31-19)32-12-14-33(15-13-32)25-22-17-29-34(26(22)28-18-27-25)21-10-6-3-7-11-21/h2-11,16-18H,12-15H2,1H3. The predicted molar refractivity (Wildman–Crippen MR) is 133 cm³/mol. The Morgan fingerprint density at radius 1 is 0.765 bits per heavy atom. The molecule has 0 aliphatic carbocycles. The third-order valence-corrected chi connectivity index (χ3v) is 6.14. The Morgan fingerprint density at radius 3 is 2.24 bits per heavy atom. The van der Waals surface area contributed by atoms with Crippen LogP contribution in [-0.2, 0) is 0 Å². The van der Waals surface area contributed by atoms with Crippen molar-refractivity contribution in [3.63, 3.8) is 0 Å². The molecule has 1 fully saturated rings. The van der Waals surface area contributed by atoms with E-state index in [1.807, 2.05) is 66.3 Å². The lowest BCUT2D eigenvalue weighted by atomic mass is 10.1. The molecule has 0 amide bonds. The molecule has 6 rings (SSSR count). The van der Waals surface area contributed by atoms with Crippen molar-refractivity contribution < 1.29 is 0 Å². The lowest BCUT2D eigenvalue weighted by Gasteiger charge is -2.36. The van der Waals surface area contributed by atoms with E-state index in [-0.39, 0.29) is 0 Å². The van der Waals surface area contributed by atoms with Gasteiger partial charge in [-0.25, -0.2) is 24.6 Å². The molecular formula is C26H24N8. The highest BCUT2D eigenvalue weighted by molar-refractivity contribution is 5.87. The summed E-state index contributed by atoms with van der Waals surface area (Å²) >= 11 is 0. The van der Waals surface area contributed by atoms with Crippen LogP contribution in [-0.4, -0.2) is 55.9 Å². The number of benzene rings is 2. The lowest BCUT2D eigenvalue weighted by Crippen LogP contribution is -2.47. The Morgan fingerprint density at radius 2 is 1.47 bits per heavy atom. The molecule has 168 valence electrons. The third-order valence-electron chi connectivity index (χ3n) is 6.14. The fourth-order valence-electron chi connectivity index (χ4n) is 4.46. The largest absolute Gasteiger partial charge is 0.353 e. The average Bonchev–Trinajstić information content (AvgIpc) is 3.34. The summed E-state index contributed by atoms with van der Waals surface area (Å²) in [4.78, 5) is 23.1. The Hall–Kier alpha value is -4.33. The average molecular weight is 449 g/mol. The second-order valence-electron chi connectivity index (χ2n) is 8.33. The van der Waals surface area contributed by atoms with E-state index in [1.54, 1.807) is 6.33 Å². The number of aromatic nitrogens is 6. The van der Waals surface area contributed by atoms with Gasteiger partial charge in [-0.15, -0.1) is 0 Å². The number of piperazine rings is 1. The van der Waals surface area contributed by atoms with Crippen molar-refractivity contribution in [2.24, 2.45) is 0 Å². The number of fused-ring (bicyclic) bond motifs is 1. The lowest BCUT2D eigenvalue weighted by molar-refractivity contribution is 0.641. The maximum atomic E-state index is 4.72. The van der Waals surface area contributed by atoms with Crippen molar-refractivity contribution in [1.82, 2.24) is 29.7 Å². The quantitative estimate of drug-likeness (QED) is 0.413. The highest BCUT2D eigenvalue weighted by Gasteiger charge is 2.23. The molecule has 1 saturated heterocycles. The molecule has 34 heavy (non-hydrogen) atoms. The summed E-state index contributed by atoms with van der Waals surface area (Å²) in [7, 11) is 0. The minimum atomic E-state index is 0.782. The maximum absolute atomic E-state index is 4.72. The minimum absolute atomic E-state index is 0.782. The SMILES string of the molecule is Cc1nc(-c2ccccc2)cc(N2CCN(c3ncnc4c3cnn4-c3ccccc3)CC2)n1. The third kappa shape index (κ3) is 3.73. The summed E-state index contributed by atoms with van der Waals surface area (Å²) in [6.45, 7) is 5.33. The van der Waals surface area contributed by atoms with E-state index in [9.17, 15) is 0 Å². The van der Waals surface area contributed by atoms with E-state index < -0.39 is 0 Å². The number of nitrogens with zero attached hydrogens (tertiary/aromatic N) is 8. The van der Waals surface area contributed by atoms with Crippen LogP contribution in [0.5, 0.6) is 0 Å². The van der Waals surface area contributed by atoms with Crippen LogP contribution in [0, 0.1) is 6.92 Å². The van der Waals surface area contributed by atoms with E-state index in [0.29, 0.717) is 0 Å². The van der Waals surface area contributed by atoms with E-state index in [0.717, 1.165) is 71.6 Å². The first-order chi connectivity index (χ1) is 16.8. The van der Waals surface area contributed by atoms with E-state index >= 15 is 0 Å². The normalized spacial score (nSPS) is 14.0. The van der Waals surface area contributed by atoms with Crippen LogP contribution in [0.25, 0.3) is 28.0 Å². The van der Waals surface area contributed by atoms with Crippen molar-refractivity contribution in [3.8, 4) is 16.9 Å². The second kappa shape index (κ2) is 8.55. The zero-order valence-corrected chi connectivity index (χ0v) is 18.9. The summed E-state index contributed by atoms with van der Waals surface area (Å²) in [6, 6.07) is 22.4. The molecule has 0 bridgehead atoms. The van der Waals surface area contributed by atoms with Gasteiger partial charge in [0, 0.05) is 37.8 Å². The maximum Gasteiger partial charge on any atom is 0.168 e. The van der Waals surface area contributed by atoms with E-state index in [2.05, 4.69) is 48.0 Å². The number of anilines is 2. The number of hydrogen-bond acceptors (Lipinski definition) is 7. The fraction of sp³-hybridized carbons (Fsp3) is 0.192. The first-order valence-electron chi connectivity index (χ1n) is 11.4. The van der Waals surface area contributed by atoms with E-state index in [1.165, 1.54) is 0 Å². The Balaban J connectivity index is 1.24. The van der Waals surface area contributed by atoms with Crippen LogP contribution in [0.1, 0.15) is 5.82 Å². The zero-order valence-electron chi connectivity index (χ0n) is 18.9. The zero-order chi connectivity index (χ0) is 22.9. The van der Waals surface area contributed by atoms with Crippen LogP contribution in [0.15, 0.2) is 79.3 Å². The molecule has 0 atom stereocenters. The molecule has 2 aromatic carbocycles. The van der Waals surface area contributed by atoms with Gasteiger partial charge in [0.1, 0.15) is 23.8 Å². The molecule has 1 aliphatic heterocycles. The van der Waals surface area contributed by atoms with Gasteiger partial charge in [-0.1, -0.05) is 48.5 Å². The summed E-state index contributed by atoms with van der Waals surface area (Å²) in [5.74, 6) is 2.68. The molecule has 4 heterocycles. The Bertz CT molecular complexity index is 1420. The van der Waals surface area contributed by atoms with Gasteiger partial charge in [-0.3, -0.25) is 0 Å².